The van der Waals surface area contributed by atoms with Gasteiger partial charge in [0.2, 0.25) is 0 Å². The summed E-state index contributed by atoms with van der Waals surface area (Å²) in [6.07, 6.45) is 1.65. The molecule has 3 fully saturated rings. The highest BCUT2D eigenvalue weighted by molar-refractivity contribution is 5.91. The van der Waals surface area contributed by atoms with E-state index in [-0.39, 0.29) is 56.2 Å². The Morgan fingerprint density at radius 2 is 0.789 bits per heavy atom. The quantitative estimate of drug-likeness (QED) is 0.0352. The lowest BCUT2D eigenvalue weighted by molar-refractivity contribution is -0.146. The maximum absolute atomic E-state index is 12.7. The van der Waals surface area contributed by atoms with Crippen LogP contribution in [0.25, 0.3) is 113 Å². The zero-order valence-corrected chi connectivity index (χ0v) is 75.8. The number of ether oxygens (including phenoxy) is 6. The Hall–Kier alpha value is -14.4. The number of rotatable bonds is 28. The van der Waals surface area contributed by atoms with Gasteiger partial charge in [0, 0.05) is 174 Å². The number of benzene rings is 7. The molecule has 1 N–H and O–H groups in total. The summed E-state index contributed by atoms with van der Waals surface area (Å²) in [7, 11) is 4.81. The Balaban J connectivity index is 0.000000129. The number of nitriles is 1. The third-order valence-electron chi connectivity index (χ3n) is 23.9. The monoisotopic (exact) mass is 1800 g/mol. The number of aromatic nitrogens is 2. The van der Waals surface area contributed by atoms with Gasteiger partial charge in [0.25, 0.3) is 0 Å². The smallest absolute Gasteiger partial charge is 0.329 e. The number of hydrogen-bond acceptors (Lipinski definition) is 27. The maximum atomic E-state index is 12.7. The molecule has 7 aromatic carbocycles. The molecule has 12 heterocycles. The fourth-order valence-corrected chi connectivity index (χ4v) is 17.0. The van der Waals surface area contributed by atoms with Crippen LogP contribution in [-0.2, 0) is 88.9 Å². The zero-order chi connectivity index (χ0) is 92.4. The predicted molar refractivity (Wildman–Crippen MR) is 503 cm³/mol. The molecule has 0 spiro atoms. The largest absolute Gasteiger partial charge is 0.497 e. The minimum absolute atomic E-state index is 0.0511. The van der Waals surface area contributed by atoms with Gasteiger partial charge in [-0.3, -0.25) is 34.0 Å². The number of anilines is 2. The minimum atomic E-state index is -0.590. The molecule has 133 heavy (non-hydrogen) atoms. The number of piperazine rings is 3. The molecule has 3 saturated heterocycles. The normalized spacial score (nSPS) is 14.1. The van der Waals surface area contributed by atoms with Gasteiger partial charge in [-0.1, -0.05) is 117 Å². The molecule has 1 atom stereocenters. The Bertz CT molecular complexity index is 6650. The SMILES string of the molecule is CC(=O)OCc1c(-c2ccc(CN3CCN(c4ccc(C#N)cc4)CC3)o2)oc2ccccc12.COC(=O)[C@H](C(C)C)n1cnc(-c2ccccc2)c1-c1ccc(-c2oc3ccccc3c2CO)o1.COCCN1CCN(Cc2ccc(-c3oc4ccccc4c3COC(C)=O)o2)CC1.COc1ccc(N2CCN(Cc3ccc(-c4oc5ccccc5c4COC(C)=O)o3)CC2)cc1. The van der Waals surface area contributed by atoms with E-state index in [9.17, 15) is 24.3 Å². The van der Waals surface area contributed by atoms with E-state index >= 15 is 0 Å². The Labute approximate surface area is 769 Å². The van der Waals surface area contributed by atoms with Crippen molar-refractivity contribution < 1.29 is 88.0 Å². The number of fused-ring (bicyclic) bond motifs is 4. The van der Waals surface area contributed by atoms with Crippen molar-refractivity contribution in [3.63, 3.8) is 0 Å². The molecular formula is C105H107N9O19. The van der Waals surface area contributed by atoms with Crippen LogP contribution in [0.2, 0.25) is 0 Å². The summed E-state index contributed by atoms with van der Waals surface area (Å²) < 4.78 is 82.2. The average molecular weight is 1800 g/mol. The summed E-state index contributed by atoms with van der Waals surface area (Å²) in [5.74, 6) is 7.34. The maximum Gasteiger partial charge on any atom is 0.329 e. The van der Waals surface area contributed by atoms with Crippen molar-refractivity contribution in [1.29, 1.82) is 5.26 Å². The fraction of sp³-hybridized carbons (Fsp3) is 0.295. The topological polar surface area (TPSA) is 310 Å². The number of aliphatic hydroxyl groups excluding tert-OH is 1. The highest BCUT2D eigenvalue weighted by Gasteiger charge is 2.33. The Kier molecular flexibility index (Phi) is 29.7. The van der Waals surface area contributed by atoms with Gasteiger partial charge in [0.05, 0.1) is 70.7 Å². The average Bonchev–Trinajstić information content (AvgIpc) is 1.61. The number of para-hydroxylation sites is 4. The first kappa shape index (κ1) is 91.9. The molecule has 0 unspecified atom stereocenters. The van der Waals surface area contributed by atoms with Crippen LogP contribution in [0.5, 0.6) is 5.75 Å². The van der Waals surface area contributed by atoms with E-state index in [1.54, 1.807) is 26.6 Å². The van der Waals surface area contributed by atoms with Crippen molar-refractivity contribution in [2.45, 2.75) is 86.7 Å². The van der Waals surface area contributed by atoms with Crippen LogP contribution in [0.15, 0.2) is 266 Å². The number of imidazole rings is 1. The lowest BCUT2D eigenvalue weighted by Crippen LogP contribution is -2.46. The van der Waals surface area contributed by atoms with Crippen LogP contribution in [0, 0.1) is 17.2 Å². The number of methoxy groups -OCH3 is 3. The van der Waals surface area contributed by atoms with Crippen LogP contribution in [-0.4, -0.2) is 171 Å². The molecule has 0 saturated carbocycles. The van der Waals surface area contributed by atoms with Crippen LogP contribution in [0.4, 0.5) is 11.4 Å². The first-order valence-corrected chi connectivity index (χ1v) is 44.5. The number of nitrogens with zero attached hydrogens (tertiary/aromatic N) is 9. The van der Waals surface area contributed by atoms with Crippen molar-refractivity contribution in [2.75, 3.05) is 123 Å². The molecule has 0 aliphatic carbocycles. The second-order valence-electron chi connectivity index (χ2n) is 33.0. The fourth-order valence-electron chi connectivity index (χ4n) is 17.0. The van der Waals surface area contributed by atoms with Crippen LogP contribution in [0.1, 0.15) is 85.8 Å². The third-order valence-corrected chi connectivity index (χ3v) is 23.9. The van der Waals surface area contributed by atoms with Crippen molar-refractivity contribution >= 4 is 79.1 Å². The van der Waals surface area contributed by atoms with Gasteiger partial charge in [-0.15, -0.1) is 0 Å². The van der Waals surface area contributed by atoms with Crippen LogP contribution in [0.3, 0.4) is 0 Å². The van der Waals surface area contributed by atoms with Gasteiger partial charge in [0.1, 0.15) is 76.9 Å². The number of carbonyl (C=O) groups excluding carboxylic acids is 4. The van der Waals surface area contributed by atoms with Crippen molar-refractivity contribution in [1.82, 2.24) is 29.2 Å². The van der Waals surface area contributed by atoms with Gasteiger partial charge < -0.3 is 83.2 Å². The van der Waals surface area contributed by atoms with Gasteiger partial charge in [-0.2, -0.15) is 5.26 Å². The van der Waals surface area contributed by atoms with Crippen LogP contribution >= 0.6 is 0 Å². The van der Waals surface area contributed by atoms with E-state index in [4.69, 9.17) is 69.0 Å². The molecule has 16 aromatic rings. The summed E-state index contributed by atoms with van der Waals surface area (Å²) in [6.45, 7) is 23.9. The standard InChI is InChI=1S/C28H26N2O5.C27H25N3O4.C27H28N2O5.C23H28N2O5/c1-17(2)25(28(32)33-3)30-16-29-24(18-9-5-4-6-10-18)26(30)22-13-14-23(34-22)27-20(15-31)19-11-7-8-12-21(19)35-27;1-19(31)32-18-24-23-4-2-3-5-25(23)34-27(24)26-11-10-22(33-26)17-29-12-14-30(15-13-29)21-8-6-20(16-28)7-9-21;1-19(30)32-18-24-23-5-3-4-6-25(23)34-27(24)26-12-11-22(33-26)17-28-13-15-29(16-14-28)20-7-9-21(31-2)10-8-20;1-17(26)28-16-20-19-5-3-4-6-21(19)30-23(20)22-8-7-18(29-22)15-25-11-9-24(10-12-25)13-14-27-2/h4-14,16-17,25,31H,15H2,1-3H3;2-11H,12-15,17-18H2,1H3;3-12H,13-18H2,1-2H3;3-8H,9-16H2,1-2H3/t25-;;;/m0.../s1. The van der Waals surface area contributed by atoms with E-state index in [0.29, 0.717) is 86.5 Å². The van der Waals surface area contributed by atoms with Crippen molar-refractivity contribution in [2.24, 2.45) is 5.92 Å². The molecule has 0 radical (unpaired) electrons. The first-order chi connectivity index (χ1) is 64.9. The molecule has 0 amide bonds. The molecule has 3 aliphatic heterocycles. The molecule has 19 rings (SSSR count). The first-order valence-electron chi connectivity index (χ1n) is 44.5. The molecular weight excluding hydrogens is 1690 g/mol. The minimum Gasteiger partial charge on any atom is -0.497 e. The second kappa shape index (κ2) is 43.1. The van der Waals surface area contributed by atoms with Gasteiger partial charge in [-0.05, 0) is 127 Å². The number of esters is 4. The van der Waals surface area contributed by atoms with E-state index in [0.717, 1.165) is 194 Å². The summed E-state index contributed by atoms with van der Waals surface area (Å²) in [5, 5.41) is 22.6. The molecule has 3 aliphatic rings. The summed E-state index contributed by atoms with van der Waals surface area (Å²) in [6, 6.07) is 73.4. The second-order valence-corrected chi connectivity index (χ2v) is 33.0. The van der Waals surface area contributed by atoms with Gasteiger partial charge >= 0.3 is 23.9 Å². The number of furan rings is 8. The zero-order valence-electron chi connectivity index (χ0n) is 75.8. The van der Waals surface area contributed by atoms with E-state index < -0.39 is 6.04 Å². The number of aliphatic hydroxyl groups is 1. The summed E-state index contributed by atoms with van der Waals surface area (Å²) >= 11 is 0. The van der Waals surface area contributed by atoms with E-state index in [2.05, 4.69) is 52.6 Å². The Morgan fingerprint density at radius 1 is 0.421 bits per heavy atom. The molecule has 0 bridgehead atoms. The van der Waals surface area contributed by atoms with Crippen molar-refractivity contribution in [3.8, 4) is 80.6 Å². The van der Waals surface area contributed by atoms with Gasteiger partial charge in [0.15, 0.2) is 51.8 Å². The molecule has 686 valence electrons. The van der Waals surface area contributed by atoms with Gasteiger partial charge in [-0.25, -0.2) is 9.78 Å². The summed E-state index contributed by atoms with van der Waals surface area (Å²) in [5.41, 5.74) is 11.3. The molecule has 28 heteroatoms. The highest BCUT2D eigenvalue weighted by atomic mass is 16.5. The highest BCUT2D eigenvalue weighted by Crippen LogP contribution is 2.44. The molecule has 28 nitrogen and oxygen atoms in total. The van der Waals surface area contributed by atoms with E-state index in [1.165, 1.54) is 33.6 Å². The van der Waals surface area contributed by atoms with Crippen molar-refractivity contribution in [3.05, 3.63) is 276 Å². The molecule has 9 aromatic heterocycles. The predicted octanol–water partition coefficient (Wildman–Crippen LogP) is 19.6. The lowest BCUT2D eigenvalue weighted by Gasteiger charge is -2.35. The van der Waals surface area contributed by atoms with Crippen LogP contribution < -0.4 is 14.5 Å². The lowest BCUT2D eigenvalue weighted by atomic mass is 10.0. The number of hydrogen-bond donors (Lipinski definition) is 1. The third kappa shape index (κ3) is 21.9. The number of carbonyl (C=O) groups is 4. The van der Waals surface area contributed by atoms with E-state index in [1.807, 2.05) is 225 Å². The Morgan fingerprint density at radius 3 is 1.18 bits per heavy atom. The summed E-state index contributed by atoms with van der Waals surface area (Å²) in [4.78, 5) is 65.8.